The number of nitrogens with one attached hydrogen (secondary N) is 1. The summed E-state index contributed by atoms with van der Waals surface area (Å²) in [5.41, 5.74) is -0.542. The molecule has 4 saturated carbocycles. The fourth-order valence-electron chi connectivity index (χ4n) is 5.99. The summed E-state index contributed by atoms with van der Waals surface area (Å²) in [5, 5.41) is 37.0. The lowest BCUT2D eigenvalue weighted by molar-refractivity contribution is -0.742. The molecule has 9 heteroatoms. The summed E-state index contributed by atoms with van der Waals surface area (Å²) in [6.07, 6.45) is 7.87. The van der Waals surface area contributed by atoms with E-state index in [1.807, 2.05) is 0 Å². The van der Waals surface area contributed by atoms with Crippen LogP contribution in [-0.2, 0) is 4.79 Å². The smallest absolute Gasteiger partial charge is 0.291 e. The highest BCUT2D eigenvalue weighted by atomic mass is 16.9. The third kappa shape index (κ3) is 3.91. The van der Waals surface area contributed by atoms with Crippen molar-refractivity contribution in [1.29, 1.82) is 5.26 Å². The van der Waals surface area contributed by atoms with Crippen LogP contribution in [0.4, 0.5) is 0 Å². The topological polar surface area (TPSA) is 140 Å². The molecular weight excluding hydrogens is 340 g/mol. The lowest BCUT2D eigenvalue weighted by Crippen LogP contribution is -2.65. The van der Waals surface area contributed by atoms with Crippen LogP contribution in [0.3, 0.4) is 0 Å². The van der Waals surface area contributed by atoms with E-state index in [0.29, 0.717) is 24.9 Å². The van der Waals surface area contributed by atoms with Crippen LogP contribution in [0.5, 0.6) is 0 Å². The number of hydrogen-bond acceptors (Lipinski definition) is 6. The number of carbonyl (C=O) groups is 1. The second kappa shape index (κ2) is 7.00. The van der Waals surface area contributed by atoms with E-state index in [4.69, 9.17) is 20.6 Å². The van der Waals surface area contributed by atoms with E-state index in [9.17, 15) is 9.90 Å². The zero-order valence-electron chi connectivity index (χ0n) is 14.8. The molecule has 4 aliphatic carbocycles. The Labute approximate surface area is 152 Å². The summed E-state index contributed by atoms with van der Waals surface area (Å²) in [4.78, 5) is 22.5. The third-order valence-corrected chi connectivity index (χ3v) is 6.37. The normalized spacial score (nSPS) is 39.8. The lowest BCUT2D eigenvalue weighted by atomic mass is 9.51. The van der Waals surface area contributed by atoms with Gasteiger partial charge in [-0.2, -0.15) is 5.26 Å². The first-order valence-electron chi connectivity index (χ1n) is 9.24. The molecule has 0 aromatic heterocycles. The number of likely N-dealkylation sites (tertiary alicyclic amines) is 1. The number of carbonyl (C=O) groups excluding carboxylic acids is 1. The third-order valence-electron chi connectivity index (χ3n) is 6.37. The number of hydrogen-bond donors (Lipinski definition) is 3. The van der Waals surface area contributed by atoms with E-state index < -0.39 is 10.7 Å². The van der Waals surface area contributed by atoms with Gasteiger partial charge in [-0.15, -0.1) is 10.1 Å². The largest absolute Gasteiger partial charge is 0.390 e. The van der Waals surface area contributed by atoms with Crippen molar-refractivity contribution in [3.63, 3.8) is 0 Å². The first-order valence-corrected chi connectivity index (χ1v) is 9.24. The van der Waals surface area contributed by atoms with Gasteiger partial charge in [-0.1, -0.05) is 0 Å². The Morgan fingerprint density at radius 2 is 1.96 bits per heavy atom. The van der Waals surface area contributed by atoms with Crippen molar-refractivity contribution >= 4 is 5.91 Å². The van der Waals surface area contributed by atoms with Gasteiger partial charge >= 0.3 is 0 Å². The lowest BCUT2D eigenvalue weighted by Gasteiger charge is -2.60. The van der Waals surface area contributed by atoms with Crippen molar-refractivity contribution in [2.24, 2.45) is 11.8 Å². The van der Waals surface area contributed by atoms with Crippen LogP contribution in [0.1, 0.15) is 51.4 Å². The SMILES string of the molecule is N#C[C@@H]1CCCN1C(=O)CNC12CC3CC(CC(O)(C3)C1)C2.O=[N+]([O-])O. The number of rotatable bonds is 3. The van der Waals surface area contributed by atoms with Gasteiger partial charge in [-0.25, -0.2) is 0 Å². The first kappa shape index (κ1) is 18.9. The van der Waals surface area contributed by atoms with Crippen molar-refractivity contribution in [3.8, 4) is 6.07 Å². The highest BCUT2D eigenvalue weighted by molar-refractivity contribution is 5.79. The van der Waals surface area contributed by atoms with Gasteiger partial charge in [0.15, 0.2) is 0 Å². The van der Waals surface area contributed by atoms with Gasteiger partial charge in [0.05, 0.1) is 18.2 Å². The molecule has 2 unspecified atom stereocenters. The van der Waals surface area contributed by atoms with E-state index in [1.165, 1.54) is 6.42 Å². The summed E-state index contributed by atoms with van der Waals surface area (Å²) < 4.78 is 0. The minimum absolute atomic E-state index is 0.0453. The van der Waals surface area contributed by atoms with Crippen LogP contribution in [0.15, 0.2) is 0 Å². The van der Waals surface area contributed by atoms with Gasteiger partial charge in [-0.3, -0.25) is 4.79 Å². The van der Waals surface area contributed by atoms with Crippen molar-refractivity contribution in [2.45, 2.75) is 68.5 Å². The highest BCUT2D eigenvalue weighted by Crippen LogP contribution is 2.57. The predicted molar refractivity (Wildman–Crippen MR) is 89.5 cm³/mol. The summed E-state index contributed by atoms with van der Waals surface area (Å²) >= 11 is 0. The molecular formula is C17H26N4O5. The fraction of sp³-hybridized carbons (Fsp3) is 0.882. The Kier molecular flexibility index (Phi) is 5.08. The molecule has 5 fully saturated rings. The van der Waals surface area contributed by atoms with Gasteiger partial charge in [0.25, 0.3) is 5.09 Å². The van der Waals surface area contributed by atoms with Crippen molar-refractivity contribution in [1.82, 2.24) is 10.2 Å². The van der Waals surface area contributed by atoms with Gasteiger partial charge in [0, 0.05) is 12.1 Å². The Balaban J connectivity index is 0.000000447. The Morgan fingerprint density at radius 1 is 1.35 bits per heavy atom. The van der Waals surface area contributed by atoms with Crippen molar-refractivity contribution < 1.29 is 20.2 Å². The molecule has 5 rings (SSSR count). The van der Waals surface area contributed by atoms with Gasteiger partial charge in [-0.05, 0) is 63.2 Å². The second-order valence-electron chi connectivity index (χ2n) is 8.43. The van der Waals surface area contributed by atoms with Crippen molar-refractivity contribution in [3.05, 3.63) is 10.1 Å². The molecule has 0 aromatic carbocycles. The minimum atomic E-state index is -1.50. The Hall–Kier alpha value is -1.92. The molecule has 9 nitrogen and oxygen atoms in total. The monoisotopic (exact) mass is 366 g/mol. The van der Waals surface area contributed by atoms with Crippen LogP contribution in [-0.4, -0.2) is 56.5 Å². The summed E-state index contributed by atoms with van der Waals surface area (Å²) in [6, 6.07) is 1.99. The Morgan fingerprint density at radius 3 is 2.50 bits per heavy atom. The molecule has 1 aliphatic heterocycles. The summed E-state index contributed by atoms with van der Waals surface area (Å²) in [5.74, 6) is 1.28. The molecule has 1 saturated heterocycles. The molecule has 4 bridgehead atoms. The molecule has 3 atom stereocenters. The molecule has 144 valence electrons. The zero-order valence-corrected chi connectivity index (χ0v) is 14.8. The minimum Gasteiger partial charge on any atom is -0.390 e. The molecule has 0 aromatic rings. The summed E-state index contributed by atoms with van der Waals surface area (Å²) in [6.45, 7) is 1.02. The maximum atomic E-state index is 12.4. The van der Waals surface area contributed by atoms with E-state index >= 15 is 0 Å². The zero-order chi connectivity index (χ0) is 18.9. The second-order valence-corrected chi connectivity index (χ2v) is 8.43. The van der Waals surface area contributed by atoms with Crippen LogP contribution < -0.4 is 5.32 Å². The van der Waals surface area contributed by atoms with E-state index in [1.54, 1.807) is 4.90 Å². The molecule has 5 aliphatic rings. The van der Waals surface area contributed by atoms with Crippen molar-refractivity contribution in [2.75, 3.05) is 13.1 Å². The molecule has 1 amide bonds. The fourth-order valence-corrected chi connectivity index (χ4v) is 5.99. The van der Waals surface area contributed by atoms with Gasteiger partial charge in [0.2, 0.25) is 5.91 Å². The van der Waals surface area contributed by atoms with E-state index in [-0.39, 0.29) is 17.5 Å². The molecule has 0 radical (unpaired) electrons. The van der Waals surface area contributed by atoms with Gasteiger partial charge in [0.1, 0.15) is 6.04 Å². The van der Waals surface area contributed by atoms with Crippen LogP contribution in [0.2, 0.25) is 0 Å². The molecule has 26 heavy (non-hydrogen) atoms. The summed E-state index contributed by atoms with van der Waals surface area (Å²) in [7, 11) is 0. The Bertz CT molecular complexity index is 601. The van der Waals surface area contributed by atoms with Crippen LogP contribution >= 0.6 is 0 Å². The number of aliphatic hydroxyl groups is 1. The maximum absolute atomic E-state index is 12.4. The molecule has 3 N–H and O–H groups in total. The van der Waals surface area contributed by atoms with E-state index in [2.05, 4.69) is 11.4 Å². The number of nitriles is 1. The highest BCUT2D eigenvalue weighted by Gasteiger charge is 2.57. The van der Waals surface area contributed by atoms with Crippen LogP contribution in [0, 0.1) is 33.3 Å². The van der Waals surface area contributed by atoms with Crippen LogP contribution in [0.25, 0.3) is 0 Å². The molecule has 0 spiro atoms. The van der Waals surface area contributed by atoms with E-state index in [0.717, 1.165) is 44.9 Å². The number of amides is 1. The quantitative estimate of drug-likeness (QED) is 0.496. The average Bonchev–Trinajstić information content (AvgIpc) is 2.98. The van der Waals surface area contributed by atoms with Gasteiger partial charge < -0.3 is 20.5 Å². The standard InChI is InChI=1S/C17H25N3O2.HNO3/c18-9-14-2-1-3-20(14)15(21)10-19-16-5-12-4-13(6-16)8-17(22,7-12)11-16;2-1(3)4/h12-14,19,22H,1-8,10-11H2;(H,2,3,4)/t12?,13?,14-,16?,17?;/m0./s1. The first-order chi connectivity index (χ1) is 12.2. The maximum Gasteiger partial charge on any atom is 0.291 e. The molecule has 1 heterocycles. The average molecular weight is 366 g/mol. The predicted octanol–water partition coefficient (Wildman–Crippen LogP) is 0.827. The number of nitrogens with zero attached hydrogens (tertiary/aromatic N) is 3.